The zero-order chi connectivity index (χ0) is 6.91. The second-order valence-corrected chi connectivity index (χ2v) is 1.32. The minimum atomic E-state index is -4.44. The Labute approximate surface area is 47.4 Å². The molecule has 0 saturated heterocycles. The first kappa shape index (κ1) is 6.06. The minimum absolute atomic E-state index is 0.639. The summed E-state index contributed by atoms with van der Waals surface area (Å²) in [6.07, 6.45) is -3.80. The molecular formula is C3H2F3N2O+. The van der Waals surface area contributed by atoms with Crippen LogP contribution in [0.4, 0.5) is 13.2 Å². The average Bonchev–Trinajstić information content (AvgIpc) is 2.08. The number of aromatic nitrogens is 2. The molecule has 0 aromatic carbocycles. The molecule has 0 bridgehead atoms. The van der Waals surface area contributed by atoms with E-state index in [-0.39, 0.29) is 0 Å². The molecule has 0 radical (unpaired) electrons. The standard InChI is InChI=1S/C3HF3N2O/c4-3(5,6)2-1-7-8-9-2/h1H/p+1. The average molecular weight is 139 g/mol. The van der Waals surface area contributed by atoms with Crippen molar-refractivity contribution in [1.82, 2.24) is 5.27 Å². The molecule has 1 N–H and O–H groups in total. The van der Waals surface area contributed by atoms with E-state index in [1.807, 2.05) is 5.10 Å². The molecule has 1 aromatic heterocycles. The van der Waals surface area contributed by atoms with Gasteiger partial charge in [0.15, 0.2) is 5.27 Å². The van der Waals surface area contributed by atoms with Crippen molar-refractivity contribution >= 4 is 0 Å². The van der Waals surface area contributed by atoms with E-state index >= 15 is 0 Å². The van der Waals surface area contributed by atoms with Gasteiger partial charge in [-0.25, -0.2) is 0 Å². The van der Waals surface area contributed by atoms with E-state index in [0.717, 1.165) is 0 Å². The van der Waals surface area contributed by atoms with Crippen LogP contribution >= 0.6 is 0 Å². The molecular weight excluding hydrogens is 137 g/mol. The molecule has 3 nitrogen and oxygen atoms in total. The van der Waals surface area contributed by atoms with Crippen LogP contribution in [-0.4, -0.2) is 5.27 Å². The van der Waals surface area contributed by atoms with E-state index in [2.05, 4.69) is 9.79 Å². The van der Waals surface area contributed by atoms with Gasteiger partial charge in [-0.15, -0.1) is 0 Å². The molecule has 0 fully saturated rings. The third-order valence-electron chi connectivity index (χ3n) is 0.672. The lowest BCUT2D eigenvalue weighted by Crippen LogP contribution is -2.04. The molecule has 0 aliphatic heterocycles. The maximum Gasteiger partial charge on any atom is 0.458 e. The van der Waals surface area contributed by atoms with Crippen LogP contribution in [0.2, 0.25) is 0 Å². The van der Waals surface area contributed by atoms with Crippen LogP contribution in [0.5, 0.6) is 0 Å². The summed E-state index contributed by atoms with van der Waals surface area (Å²) in [5.74, 6) is -1.12. The zero-order valence-corrected chi connectivity index (χ0v) is 4.07. The predicted octanol–water partition coefficient (Wildman–Crippen LogP) is 0.507. The van der Waals surface area contributed by atoms with Crippen LogP contribution in [0.3, 0.4) is 0 Å². The number of nitrogens with one attached hydrogen (secondary N) is 1. The SMILES string of the molecule is FC(F)(F)c1c[nH+]no1. The van der Waals surface area contributed by atoms with Crippen molar-refractivity contribution < 1.29 is 22.8 Å². The summed E-state index contributed by atoms with van der Waals surface area (Å²) < 4.78 is 38.2. The number of nitrogens with zero attached hydrogens (tertiary/aromatic N) is 1. The fourth-order valence-electron chi connectivity index (χ4n) is 0.320. The van der Waals surface area contributed by atoms with Crippen LogP contribution in [-0.2, 0) is 6.18 Å². The Morgan fingerprint density at radius 2 is 2.22 bits per heavy atom. The molecule has 6 heteroatoms. The molecule has 0 aliphatic rings. The second-order valence-electron chi connectivity index (χ2n) is 1.32. The van der Waals surface area contributed by atoms with E-state index in [1.54, 1.807) is 0 Å². The molecule has 0 unspecified atom stereocenters. The highest BCUT2D eigenvalue weighted by Crippen LogP contribution is 2.26. The number of aromatic amines is 1. The monoisotopic (exact) mass is 139 g/mol. The van der Waals surface area contributed by atoms with Crippen LogP contribution in [0, 0.1) is 0 Å². The van der Waals surface area contributed by atoms with Crippen molar-refractivity contribution in [3.63, 3.8) is 0 Å². The lowest BCUT2D eigenvalue weighted by atomic mass is 10.5. The quantitative estimate of drug-likeness (QED) is 0.525. The van der Waals surface area contributed by atoms with Gasteiger partial charge in [0.2, 0.25) is 6.20 Å². The molecule has 9 heavy (non-hydrogen) atoms. The van der Waals surface area contributed by atoms with E-state index < -0.39 is 11.9 Å². The zero-order valence-electron chi connectivity index (χ0n) is 4.07. The number of H-pyrrole nitrogens is 1. The number of alkyl halides is 3. The van der Waals surface area contributed by atoms with Crippen LogP contribution in [0.1, 0.15) is 5.76 Å². The van der Waals surface area contributed by atoms with Gasteiger partial charge < -0.3 is 0 Å². The van der Waals surface area contributed by atoms with Gasteiger partial charge in [0.05, 0.1) is 0 Å². The molecule has 0 spiro atoms. The molecule has 0 atom stereocenters. The third-order valence-corrected chi connectivity index (χ3v) is 0.672. The summed E-state index contributed by atoms with van der Waals surface area (Å²) in [5, 5.41) is 4.67. The Bertz CT molecular complexity index is 179. The maximum atomic E-state index is 11.5. The molecule has 0 amide bonds. The fourth-order valence-corrected chi connectivity index (χ4v) is 0.320. The first-order chi connectivity index (χ1) is 4.11. The van der Waals surface area contributed by atoms with E-state index in [0.29, 0.717) is 6.20 Å². The van der Waals surface area contributed by atoms with Gasteiger partial charge in [-0.05, 0) is 0 Å². The van der Waals surface area contributed by atoms with Crippen molar-refractivity contribution in [2.24, 2.45) is 0 Å². The van der Waals surface area contributed by atoms with Gasteiger partial charge >= 0.3 is 11.9 Å². The summed E-state index contributed by atoms with van der Waals surface area (Å²) in [6, 6.07) is 0. The first-order valence-corrected chi connectivity index (χ1v) is 2.00. The van der Waals surface area contributed by atoms with Crippen molar-refractivity contribution in [3.8, 4) is 0 Å². The van der Waals surface area contributed by atoms with E-state index in [1.165, 1.54) is 0 Å². The van der Waals surface area contributed by atoms with E-state index in [4.69, 9.17) is 0 Å². The second kappa shape index (κ2) is 1.71. The Balaban J connectivity index is 2.90. The van der Waals surface area contributed by atoms with Gasteiger partial charge in [-0.3, -0.25) is 4.52 Å². The predicted molar refractivity (Wildman–Crippen MR) is 18.1 cm³/mol. The number of halogens is 3. The summed E-state index contributed by atoms with van der Waals surface area (Å²) in [6.45, 7) is 0. The Morgan fingerprint density at radius 3 is 2.44 bits per heavy atom. The van der Waals surface area contributed by atoms with Crippen LogP contribution < -0.4 is 5.10 Å². The molecule has 50 valence electrons. The van der Waals surface area contributed by atoms with Crippen molar-refractivity contribution in [1.29, 1.82) is 0 Å². The van der Waals surface area contributed by atoms with Crippen LogP contribution in [0.25, 0.3) is 0 Å². The Hall–Kier alpha value is -1.07. The number of hydrogen-bond donors (Lipinski definition) is 0. The normalized spacial score (nSPS) is 11.9. The summed E-state index contributed by atoms with van der Waals surface area (Å²) in [5.41, 5.74) is 0. The fraction of sp³-hybridized carbons (Fsp3) is 0.333. The Morgan fingerprint density at radius 1 is 1.56 bits per heavy atom. The highest BCUT2D eigenvalue weighted by molar-refractivity contribution is 4.87. The highest BCUT2D eigenvalue weighted by atomic mass is 19.4. The van der Waals surface area contributed by atoms with Crippen molar-refractivity contribution in [3.05, 3.63) is 12.0 Å². The van der Waals surface area contributed by atoms with Gasteiger partial charge in [-0.1, -0.05) is 5.10 Å². The molecule has 0 saturated carbocycles. The largest absolute Gasteiger partial charge is 0.458 e. The third kappa shape index (κ3) is 1.18. The molecule has 0 aliphatic carbocycles. The summed E-state index contributed by atoms with van der Waals surface area (Å²) in [4.78, 5) is 0. The molecule has 1 aromatic rings. The highest BCUT2D eigenvalue weighted by Gasteiger charge is 2.38. The first-order valence-electron chi connectivity index (χ1n) is 2.00. The topological polar surface area (TPSA) is 40.2 Å². The van der Waals surface area contributed by atoms with Crippen LogP contribution in [0.15, 0.2) is 10.7 Å². The Kier molecular flexibility index (Phi) is 1.15. The molecule has 1 rings (SSSR count). The van der Waals surface area contributed by atoms with E-state index in [9.17, 15) is 13.2 Å². The smallest absolute Gasteiger partial charge is 0.296 e. The van der Waals surface area contributed by atoms with Gasteiger partial charge in [0, 0.05) is 0 Å². The van der Waals surface area contributed by atoms with Crippen molar-refractivity contribution in [2.75, 3.05) is 0 Å². The van der Waals surface area contributed by atoms with Crippen molar-refractivity contribution in [2.45, 2.75) is 6.18 Å². The maximum absolute atomic E-state index is 11.5. The summed E-state index contributed by atoms with van der Waals surface area (Å²) in [7, 11) is 0. The van der Waals surface area contributed by atoms with Gasteiger partial charge in [0.1, 0.15) is 0 Å². The number of hydrogen-bond acceptors (Lipinski definition) is 2. The lowest BCUT2D eigenvalue weighted by molar-refractivity contribution is -0.471. The summed E-state index contributed by atoms with van der Waals surface area (Å²) >= 11 is 0. The molecule has 1 heterocycles. The lowest BCUT2D eigenvalue weighted by Gasteiger charge is -1.93. The minimum Gasteiger partial charge on any atom is -0.296 e. The van der Waals surface area contributed by atoms with Gasteiger partial charge in [-0.2, -0.15) is 13.2 Å². The number of rotatable bonds is 0. The van der Waals surface area contributed by atoms with Gasteiger partial charge in [0.25, 0.3) is 0 Å².